The SMILES string of the molecule is CC(C)N1CCC(CN)C1c1ccc(Cl)c2cccnc12. The fraction of sp³-hybridized carbons (Fsp3) is 0.471. The molecule has 112 valence electrons. The van der Waals surface area contributed by atoms with Gasteiger partial charge >= 0.3 is 0 Å². The molecule has 2 unspecified atom stereocenters. The number of halogens is 1. The van der Waals surface area contributed by atoms with Gasteiger partial charge in [-0.25, -0.2) is 0 Å². The van der Waals surface area contributed by atoms with Gasteiger partial charge in [0.2, 0.25) is 0 Å². The van der Waals surface area contributed by atoms with Crippen molar-refractivity contribution in [2.24, 2.45) is 11.7 Å². The number of benzene rings is 1. The smallest absolute Gasteiger partial charge is 0.0764 e. The number of likely N-dealkylation sites (tertiary alicyclic amines) is 1. The highest BCUT2D eigenvalue weighted by atomic mass is 35.5. The lowest BCUT2D eigenvalue weighted by atomic mass is 9.91. The summed E-state index contributed by atoms with van der Waals surface area (Å²) in [6.45, 7) is 6.31. The van der Waals surface area contributed by atoms with Gasteiger partial charge in [0, 0.05) is 28.7 Å². The van der Waals surface area contributed by atoms with Crippen molar-refractivity contribution in [2.75, 3.05) is 13.1 Å². The molecule has 0 saturated carbocycles. The lowest BCUT2D eigenvalue weighted by molar-refractivity contribution is 0.185. The Morgan fingerprint density at radius 2 is 2.19 bits per heavy atom. The summed E-state index contributed by atoms with van der Waals surface area (Å²) in [7, 11) is 0. The molecule has 0 spiro atoms. The first-order valence-electron chi connectivity index (χ1n) is 7.62. The Bertz CT molecular complexity index is 641. The molecule has 0 aliphatic carbocycles. The molecule has 3 rings (SSSR count). The molecule has 21 heavy (non-hydrogen) atoms. The molecule has 1 aliphatic rings. The second-order valence-corrected chi connectivity index (χ2v) is 6.50. The van der Waals surface area contributed by atoms with Crippen LogP contribution in [0.25, 0.3) is 10.9 Å². The van der Waals surface area contributed by atoms with Crippen LogP contribution in [0, 0.1) is 5.92 Å². The van der Waals surface area contributed by atoms with E-state index in [1.54, 1.807) is 0 Å². The second kappa shape index (κ2) is 5.91. The maximum Gasteiger partial charge on any atom is 0.0764 e. The van der Waals surface area contributed by atoms with Crippen molar-refractivity contribution >= 4 is 22.5 Å². The number of aromatic nitrogens is 1. The van der Waals surface area contributed by atoms with Crippen LogP contribution < -0.4 is 5.73 Å². The van der Waals surface area contributed by atoms with Gasteiger partial charge in [0.05, 0.1) is 5.52 Å². The van der Waals surface area contributed by atoms with E-state index >= 15 is 0 Å². The molecule has 2 heterocycles. The van der Waals surface area contributed by atoms with Crippen molar-refractivity contribution in [3.63, 3.8) is 0 Å². The van der Waals surface area contributed by atoms with E-state index in [0.29, 0.717) is 24.5 Å². The van der Waals surface area contributed by atoms with E-state index in [9.17, 15) is 0 Å². The minimum Gasteiger partial charge on any atom is -0.330 e. The zero-order chi connectivity index (χ0) is 15.0. The number of pyridine rings is 1. The number of nitrogens with zero attached hydrogens (tertiary/aromatic N) is 2. The van der Waals surface area contributed by atoms with Crippen molar-refractivity contribution in [3.05, 3.63) is 41.0 Å². The summed E-state index contributed by atoms with van der Waals surface area (Å²) in [6.07, 6.45) is 2.99. The maximum absolute atomic E-state index is 6.33. The van der Waals surface area contributed by atoms with Crippen LogP contribution in [0.4, 0.5) is 0 Å². The second-order valence-electron chi connectivity index (χ2n) is 6.10. The first-order valence-corrected chi connectivity index (χ1v) is 8.00. The summed E-state index contributed by atoms with van der Waals surface area (Å²) in [5.74, 6) is 0.485. The van der Waals surface area contributed by atoms with Crippen molar-refractivity contribution in [2.45, 2.75) is 32.4 Å². The zero-order valence-corrected chi connectivity index (χ0v) is 13.3. The summed E-state index contributed by atoms with van der Waals surface area (Å²) >= 11 is 6.33. The predicted molar refractivity (Wildman–Crippen MR) is 88.5 cm³/mol. The van der Waals surface area contributed by atoms with Crippen LogP contribution in [0.5, 0.6) is 0 Å². The fourth-order valence-electron chi connectivity index (χ4n) is 3.54. The molecular formula is C17H22ClN3. The summed E-state index contributed by atoms with van der Waals surface area (Å²) in [4.78, 5) is 7.13. The summed E-state index contributed by atoms with van der Waals surface area (Å²) < 4.78 is 0. The fourth-order valence-corrected chi connectivity index (χ4v) is 3.76. The Labute approximate surface area is 131 Å². The normalized spacial score (nSPS) is 23.3. The highest BCUT2D eigenvalue weighted by Crippen LogP contribution is 2.41. The van der Waals surface area contributed by atoms with Crippen LogP contribution in [0.3, 0.4) is 0 Å². The van der Waals surface area contributed by atoms with Gasteiger partial charge in [-0.3, -0.25) is 9.88 Å². The summed E-state index contributed by atoms with van der Waals surface area (Å²) in [5.41, 5.74) is 8.30. The van der Waals surface area contributed by atoms with E-state index < -0.39 is 0 Å². The Kier molecular flexibility index (Phi) is 4.16. The van der Waals surface area contributed by atoms with Crippen molar-refractivity contribution < 1.29 is 0 Å². The monoisotopic (exact) mass is 303 g/mol. The van der Waals surface area contributed by atoms with Crippen LogP contribution in [-0.2, 0) is 0 Å². The number of fused-ring (bicyclic) bond motifs is 1. The van der Waals surface area contributed by atoms with Gasteiger partial charge in [0.15, 0.2) is 0 Å². The largest absolute Gasteiger partial charge is 0.330 e. The van der Waals surface area contributed by atoms with E-state index in [-0.39, 0.29) is 0 Å². The van der Waals surface area contributed by atoms with Gasteiger partial charge in [-0.2, -0.15) is 0 Å². The van der Waals surface area contributed by atoms with Crippen molar-refractivity contribution in [1.82, 2.24) is 9.88 Å². The van der Waals surface area contributed by atoms with Gasteiger partial charge in [-0.15, -0.1) is 0 Å². The molecule has 1 fully saturated rings. The Balaban J connectivity index is 2.15. The molecular weight excluding hydrogens is 282 g/mol. The van der Waals surface area contributed by atoms with Gasteiger partial charge in [0.25, 0.3) is 0 Å². The zero-order valence-electron chi connectivity index (χ0n) is 12.6. The maximum atomic E-state index is 6.33. The number of hydrogen-bond acceptors (Lipinski definition) is 3. The molecule has 2 atom stereocenters. The first-order chi connectivity index (χ1) is 10.1. The van der Waals surface area contributed by atoms with Crippen LogP contribution in [0.15, 0.2) is 30.5 Å². The molecule has 1 aromatic heterocycles. The minimum absolute atomic E-state index is 0.338. The molecule has 2 aromatic rings. The molecule has 0 radical (unpaired) electrons. The third-order valence-corrected chi connectivity index (χ3v) is 4.92. The third-order valence-electron chi connectivity index (χ3n) is 4.59. The molecule has 0 bridgehead atoms. The van der Waals surface area contributed by atoms with Crippen LogP contribution in [0.2, 0.25) is 5.02 Å². The Morgan fingerprint density at radius 1 is 1.38 bits per heavy atom. The predicted octanol–water partition coefficient (Wildman–Crippen LogP) is 3.62. The van der Waals surface area contributed by atoms with Gasteiger partial charge in [0.1, 0.15) is 0 Å². The van der Waals surface area contributed by atoms with E-state index in [4.69, 9.17) is 17.3 Å². The summed E-state index contributed by atoms with van der Waals surface area (Å²) in [6, 6.07) is 8.94. The van der Waals surface area contributed by atoms with Crippen LogP contribution >= 0.6 is 11.6 Å². The standard InChI is InChI=1S/C17H22ClN3/c1-11(2)21-9-7-12(10-19)17(21)14-5-6-15(18)13-4-3-8-20-16(13)14/h3-6,8,11-12,17H,7,9-10,19H2,1-2H3. The van der Waals surface area contributed by atoms with E-state index in [0.717, 1.165) is 28.9 Å². The lowest BCUT2D eigenvalue weighted by Gasteiger charge is -2.32. The number of hydrogen-bond donors (Lipinski definition) is 1. The minimum atomic E-state index is 0.338. The van der Waals surface area contributed by atoms with E-state index in [1.807, 2.05) is 24.4 Å². The number of rotatable bonds is 3. The highest BCUT2D eigenvalue weighted by Gasteiger charge is 2.36. The van der Waals surface area contributed by atoms with Gasteiger partial charge in [-0.1, -0.05) is 17.7 Å². The molecule has 3 nitrogen and oxygen atoms in total. The third kappa shape index (κ3) is 2.54. The molecule has 1 saturated heterocycles. The average molecular weight is 304 g/mol. The Morgan fingerprint density at radius 3 is 2.90 bits per heavy atom. The molecule has 1 aromatic carbocycles. The van der Waals surface area contributed by atoms with Gasteiger partial charge in [-0.05, 0) is 63.0 Å². The van der Waals surface area contributed by atoms with E-state index in [1.165, 1.54) is 5.56 Å². The van der Waals surface area contributed by atoms with Crippen LogP contribution in [0.1, 0.15) is 31.9 Å². The quantitative estimate of drug-likeness (QED) is 0.941. The molecule has 4 heteroatoms. The highest BCUT2D eigenvalue weighted by molar-refractivity contribution is 6.35. The number of nitrogens with two attached hydrogens (primary N) is 1. The topological polar surface area (TPSA) is 42.1 Å². The van der Waals surface area contributed by atoms with Crippen molar-refractivity contribution in [1.29, 1.82) is 0 Å². The Hall–Kier alpha value is -1.16. The van der Waals surface area contributed by atoms with E-state index in [2.05, 4.69) is 29.8 Å². The molecule has 0 amide bonds. The molecule has 2 N–H and O–H groups in total. The van der Waals surface area contributed by atoms with Crippen molar-refractivity contribution in [3.8, 4) is 0 Å². The lowest BCUT2D eigenvalue weighted by Crippen LogP contribution is -2.33. The first kappa shape index (κ1) is 14.8. The summed E-state index contributed by atoms with van der Waals surface area (Å²) in [5, 5.41) is 1.79. The average Bonchev–Trinajstić information content (AvgIpc) is 2.92. The van der Waals surface area contributed by atoms with Gasteiger partial charge < -0.3 is 5.73 Å². The molecule has 1 aliphatic heterocycles. The van der Waals surface area contributed by atoms with Crippen LogP contribution in [-0.4, -0.2) is 29.0 Å².